The van der Waals surface area contributed by atoms with E-state index in [2.05, 4.69) is 10.2 Å². The van der Waals surface area contributed by atoms with Crippen LogP contribution in [0.15, 0.2) is 18.2 Å². The van der Waals surface area contributed by atoms with E-state index in [1.807, 2.05) is 29.8 Å². The number of amides is 1. The molecule has 0 radical (unpaired) electrons. The summed E-state index contributed by atoms with van der Waals surface area (Å²) in [6, 6.07) is 6.34. The lowest BCUT2D eigenvalue weighted by Gasteiger charge is -2.44. The highest BCUT2D eigenvalue weighted by atomic mass is 16.5. The lowest BCUT2D eigenvalue weighted by molar-refractivity contribution is 0.0574. The Hall–Kier alpha value is -2.21. The summed E-state index contributed by atoms with van der Waals surface area (Å²) in [7, 11) is 5.19. The van der Waals surface area contributed by atoms with Gasteiger partial charge in [-0.1, -0.05) is 6.42 Å². The summed E-state index contributed by atoms with van der Waals surface area (Å²) < 4.78 is 12.8. The number of carbonyl (C=O) groups is 1. The van der Waals surface area contributed by atoms with Crippen LogP contribution in [0.1, 0.15) is 42.6 Å². The number of fused-ring (bicyclic) bond motifs is 2. The highest BCUT2D eigenvalue weighted by Gasteiger charge is 2.33. The minimum Gasteiger partial charge on any atom is -0.497 e. The van der Waals surface area contributed by atoms with Crippen LogP contribution in [-0.4, -0.2) is 55.3 Å². The summed E-state index contributed by atoms with van der Waals surface area (Å²) in [6.45, 7) is 3.20. The number of benzene rings is 1. The summed E-state index contributed by atoms with van der Waals surface area (Å²) in [4.78, 5) is 15.6. The monoisotopic (exact) mass is 385 g/mol. The number of methoxy groups -OCH3 is 2. The molecule has 0 saturated carbocycles. The van der Waals surface area contributed by atoms with Crippen LogP contribution in [0.4, 0.5) is 0 Å². The largest absolute Gasteiger partial charge is 0.497 e. The van der Waals surface area contributed by atoms with E-state index in [1.165, 1.54) is 45.2 Å². The van der Waals surface area contributed by atoms with E-state index in [1.54, 1.807) is 14.2 Å². The van der Waals surface area contributed by atoms with E-state index in [0.29, 0.717) is 23.4 Å². The van der Waals surface area contributed by atoms with Gasteiger partial charge >= 0.3 is 0 Å². The van der Waals surface area contributed by atoms with Crippen LogP contribution in [0, 0.1) is 5.92 Å². The fourth-order valence-corrected chi connectivity index (χ4v) is 5.01. The molecule has 0 spiro atoms. The van der Waals surface area contributed by atoms with Gasteiger partial charge in [0, 0.05) is 37.2 Å². The molecule has 2 aliphatic rings. The maximum Gasteiger partial charge on any atom is 0.267 e. The zero-order valence-electron chi connectivity index (χ0n) is 17.2. The molecule has 1 amide bonds. The van der Waals surface area contributed by atoms with Crippen molar-refractivity contribution in [2.45, 2.75) is 38.1 Å². The third-order valence-electron chi connectivity index (χ3n) is 6.54. The Labute approximate surface area is 166 Å². The molecule has 2 aliphatic heterocycles. The first kappa shape index (κ1) is 19.1. The highest BCUT2D eigenvalue weighted by molar-refractivity contribution is 6.00. The Morgan fingerprint density at radius 1 is 1.11 bits per heavy atom. The molecule has 0 unspecified atom stereocenters. The van der Waals surface area contributed by atoms with E-state index in [9.17, 15) is 4.79 Å². The maximum atomic E-state index is 13.0. The fraction of sp³-hybridized carbons (Fsp3) is 0.591. The first-order valence-electron chi connectivity index (χ1n) is 10.4. The molecule has 0 bridgehead atoms. The Kier molecular flexibility index (Phi) is 5.49. The second kappa shape index (κ2) is 8.03. The van der Waals surface area contributed by atoms with Crippen LogP contribution in [-0.2, 0) is 7.05 Å². The molecule has 6 nitrogen and oxygen atoms in total. The van der Waals surface area contributed by atoms with E-state index in [-0.39, 0.29) is 5.91 Å². The summed E-state index contributed by atoms with van der Waals surface area (Å²) in [6.07, 6.45) is 6.35. The molecule has 1 N–H and O–H groups in total. The van der Waals surface area contributed by atoms with Crippen LogP contribution in [0.5, 0.6) is 11.5 Å². The molecule has 0 aliphatic carbocycles. The number of aryl methyl sites for hydroxylation is 1. The van der Waals surface area contributed by atoms with Crippen molar-refractivity contribution in [1.29, 1.82) is 0 Å². The SMILES string of the molecule is COc1cc(OC)c2cc(C(=O)NC[C@H]3CCCN4CCCC[C@@H]34)n(C)c2c1. The van der Waals surface area contributed by atoms with E-state index < -0.39 is 0 Å². The molecule has 2 saturated heterocycles. The van der Waals surface area contributed by atoms with Crippen molar-refractivity contribution in [2.75, 3.05) is 33.9 Å². The van der Waals surface area contributed by atoms with E-state index in [4.69, 9.17) is 9.47 Å². The maximum absolute atomic E-state index is 13.0. The van der Waals surface area contributed by atoms with Gasteiger partial charge in [-0.2, -0.15) is 0 Å². The van der Waals surface area contributed by atoms with Crippen molar-refractivity contribution in [2.24, 2.45) is 13.0 Å². The van der Waals surface area contributed by atoms with Crippen molar-refractivity contribution in [1.82, 2.24) is 14.8 Å². The van der Waals surface area contributed by atoms with Gasteiger partial charge in [0.1, 0.15) is 17.2 Å². The lowest BCUT2D eigenvalue weighted by Crippen LogP contribution is -2.51. The molecule has 2 atom stereocenters. The Morgan fingerprint density at radius 3 is 2.71 bits per heavy atom. The molecule has 3 heterocycles. The normalized spacial score (nSPS) is 22.7. The number of ether oxygens (including phenoxy) is 2. The van der Waals surface area contributed by atoms with Crippen molar-refractivity contribution >= 4 is 16.8 Å². The van der Waals surface area contributed by atoms with Gasteiger partial charge in [0.25, 0.3) is 5.91 Å². The first-order valence-corrected chi connectivity index (χ1v) is 10.4. The van der Waals surface area contributed by atoms with Gasteiger partial charge in [-0.15, -0.1) is 0 Å². The molecule has 152 valence electrons. The smallest absolute Gasteiger partial charge is 0.267 e. The average Bonchev–Trinajstić information content (AvgIpc) is 3.07. The molecule has 4 rings (SSSR count). The molecule has 2 aromatic rings. The third-order valence-corrected chi connectivity index (χ3v) is 6.54. The topological polar surface area (TPSA) is 55.7 Å². The summed E-state index contributed by atoms with van der Waals surface area (Å²) in [5, 5.41) is 4.13. The zero-order valence-corrected chi connectivity index (χ0v) is 17.2. The summed E-state index contributed by atoms with van der Waals surface area (Å²) in [5.41, 5.74) is 1.58. The number of rotatable bonds is 5. The van der Waals surface area contributed by atoms with Gasteiger partial charge in [-0.3, -0.25) is 4.79 Å². The van der Waals surface area contributed by atoms with Gasteiger partial charge in [0.2, 0.25) is 0 Å². The summed E-state index contributed by atoms with van der Waals surface area (Å²) in [5.74, 6) is 1.97. The molecular formula is C22H31N3O3. The highest BCUT2D eigenvalue weighted by Crippen LogP contribution is 2.33. The molecular weight excluding hydrogens is 354 g/mol. The standard InChI is InChI=1S/C22H31N3O3/c1-24-19-11-16(27-2)12-21(28-3)17(19)13-20(24)22(26)23-14-15-7-6-10-25-9-5-4-8-18(15)25/h11-13,15,18H,4-10,14H2,1-3H3,(H,23,26)/t15-,18+/m1/s1. The molecule has 28 heavy (non-hydrogen) atoms. The van der Waals surface area contributed by atoms with Crippen LogP contribution in [0.3, 0.4) is 0 Å². The second-order valence-corrected chi connectivity index (χ2v) is 8.06. The lowest BCUT2D eigenvalue weighted by atomic mass is 9.83. The van der Waals surface area contributed by atoms with E-state index >= 15 is 0 Å². The predicted octanol–water partition coefficient (Wildman–Crippen LogP) is 3.19. The van der Waals surface area contributed by atoms with Gasteiger partial charge in [-0.25, -0.2) is 0 Å². The Bertz CT molecular complexity index is 858. The molecule has 1 aromatic carbocycles. The minimum absolute atomic E-state index is 0.0207. The van der Waals surface area contributed by atoms with Crippen molar-refractivity contribution < 1.29 is 14.3 Å². The van der Waals surface area contributed by atoms with Crippen LogP contribution in [0.2, 0.25) is 0 Å². The fourth-order valence-electron chi connectivity index (χ4n) is 5.01. The number of nitrogens with one attached hydrogen (secondary N) is 1. The Balaban J connectivity index is 1.51. The predicted molar refractivity (Wildman–Crippen MR) is 110 cm³/mol. The van der Waals surface area contributed by atoms with Crippen LogP contribution in [0.25, 0.3) is 10.9 Å². The number of hydrogen-bond acceptors (Lipinski definition) is 4. The Morgan fingerprint density at radius 2 is 1.93 bits per heavy atom. The molecule has 1 aromatic heterocycles. The number of hydrogen-bond donors (Lipinski definition) is 1. The van der Waals surface area contributed by atoms with Gasteiger partial charge in [0.15, 0.2) is 0 Å². The van der Waals surface area contributed by atoms with Crippen LogP contribution >= 0.6 is 0 Å². The average molecular weight is 386 g/mol. The third kappa shape index (κ3) is 3.46. The number of aromatic nitrogens is 1. The number of piperidine rings is 2. The first-order chi connectivity index (χ1) is 13.6. The zero-order chi connectivity index (χ0) is 19.7. The van der Waals surface area contributed by atoms with Gasteiger partial charge in [-0.05, 0) is 50.8 Å². The van der Waals surface area contributed by atoms with Crippen molar-refractivity contribution in [3.8, 4) is 11.5 Å². The second-order valence-electron chi connectivity index (χ2n) is 8.06. The van der Waals surface area contributed by atoms with Crippen LogP contribution < -0.4 is 14.8 Å². The number of nitrogens with zero attached hydrogens (tertiary/aromatic N) is 2. The molecule has 6 heteroatoms. The summed E-state index contributed by atoms with van der Waals surface area (Å²) >= 11 is 0. The van der Waals surface area contributed by atoms with E-state index in [0.717, 1.165) is 23.2 Å². The van der Waals surface area contributed by atoms with Gasteiger partial charge < -0.3 is 24.3 Å². The quantitative estimate of drug-likeness (QED) is 0.859. The number of carbonyl (C=O) groups excluding carboxylic acids is 1. The van der Waals surface area contributed by atoms with Crippen molar-refractivity contribution in [3.05, 3.63) is 23.9 Å². The van der Waals surface area contributed by atoms with Gasteiger partial charge in [0.05, 0.1) is 19.7 Å². The molecule has 2 fully saturated rings. The minimum atomic E-state index is -0.0207. The van der Waals surface area contributed by atoms with Crippen molar-refractivity contribution in [3.63, 3.8) is 0 Å².